The van der Waals surface area contributed by atoms with E-state index in [1.165, 1.54) is 12.3 Å². The average molecular weight is 292 g/mol. The van der Waals surface area contributed by atoms with Crippen molar-refractivity contribution in [2.75, 3.05) is 6.26 Å². The minimum atomic E-state index is -3.26. The van der Waals surface area contributed by atoms with Crippen molar-refractivity contribution in [2.24, 2.45) is 5.16 Å². The number of hydrogen-bond acceptors (Lipinski definition) is 4. The van der Waals surface area contributed by atoms with Gasteiger partial charge in [-0.2, -0.15) is 0 Å². The standard InChI is InChI=1S/C9H10BrNO3S/c1-6-7(5-11-12)8(10)3-4-9(6)15(2,13)14/h3-5,12H,1-2H3/b11-5+. The Labute approximate surface area is 96.7 Å². The highest BCUT2D eigenvalue weighted by atomic mass is 79.9. The normalized spacial score (nSPS) is 12.2. The Balaban J connectivity index is 3.56. The fourth-order valence-electron chi connectivity index (χ4n) is 1.29. The second-order valence-electron chi connectivity index (χ2n) is 3.10. The molecule has 82 valence electrons. The first kappa shape index (κ1) is 12.2. The molecular weight excluding hydrogens is 282 g/mol. The fourth-order valence-corrected chi connectivity index (χ4v) is 2.81. The molecule has 0 aliphatic carbocycles. The molecule has 0 amide bonds. The van der Waals surface area contributed by atoms with Gasteiger partial charge in [-0.3, -0.25) is 0 Å². The highest BCUT2D eigenvalue weighted by Crippen LogP contribution is 2.24. The molecule has 4 nitrogen and oxygen atoms in total. The molecule has 0 atom stereocenters. The van der Waals surface area contributed by atoms with E-state index >= 15 is 0 Å². The van der Waals surface area contributed by atoms with Crippen LogP contribution < -0.4 is 0 Å². The van der Waals surface area contributed by atoms with Gasteiger partial charge in [0.15, 0.2) is 9.84 Å². The Bertz CT molecular complexity index is 508. The topological polar surface area (TPSA) is 66.7 Å². The minimum Gasteiger partial charge on any atom is -0.411 e. The van der Waals surface area contributed by atoms with Crippen LogP contribution in [0.1, 0.15) is 11.1 Å². The second kappa shape index (κ2) is 4.32. The lowest BCUT2D eigenvalue weighted by atomic mass is 10.1. The van der Waals surface area contributed by atoms with E-state index in [4.69, 9.17) is 5.21 Å². The molecule has 0 radical (unpaired) electrons. The average Bonchev–Trinajstić information content (AvgIpc) is 2.09. The molecule has 0 heterocycles. The zero-order valence-corrected chi connectivity index (χ0v) is 10.6. The summed E-state index contributed by atoms with van der Waals surface area (Å²) in [6, 6.07) is 3.13. The third-order valence-corrected chi connectivity index (χ3v) is 3.93. The lowest BCUT2D eigenvalue weighted by Crippen LogP contribution is -2.03. The molecule has 6 heteroatoms. The number of sulfone groups is 1. The van der Waals surface area contributed by atoms with Gasteiger partial charge in [0.1, 0.15) is 0 Å². The summed E-state index contributed by atoms with van der Waals surface area (Å²) in [6.07, 6.45) is 2.34. The van der Waals surface area contributed by atoms with Crippen molar-refractivity contribution in [3.8, 4) is 0 Å². The summed E-state index contributed by atoms with van der Waals surface area (Å²) in [6.45, 7) is 1.66. The van der Waals surface area contributed by atoms with Gasteiger partial charge in [0.2, 0.25) is 0 Å². The molecular formula is C9H10BrNO3S. The molecule has 1 N–H and O–H groups in total. The number of nitrogens with zero attached hydrogens (tertiary/aromatic N) is 1. The van der Waals surface area contributed by atoms with Gasteiger partial charge in [-0.05, 0) is 24.6 Å². The maximum Gasteiger partial charge on any atom is 0.175 e. The Morgan fingerprint density at radius 3 is 2.53 bits per heavy atom. The molecule has 0 unspecified atom stereocenters. The quantitative estimate of drug-likeness (QED) is 0.515. The van der Waals surface area contributed by atoms with Gasteiger partial charge >= 0.3 is 0 Å². The van der Waals surface area contributed by atoms with Gasteiger partial charge in [0.25, 0.3) is 0 Å². The second-order valence-corrected chi connectivity index (χ2v) is 5.94. The third-order valence-electron chi connectivity index (χ3n) is 2.00. The van der Waals surface area contributed by atoms with Gasteiger partial charge in [-0.25, -0.2) is 8.42 Å². The van der Waals surface area contributed by atoms with Gasteiger partial charge in [-0.15, -0.1) is 0 Å². The lowest BCUT2D eigenvalue weighted by Gasteiger charge is -2.08. The van der Waals surface area contributed by atoms with Gasteiger partial charge in [-0.1, -0.05) is 21.1 Å². The van der Waals surface area contributed by atoms with Crippen LogP contribution in [0.5, 0.6) is 0 Å². The summed E-state index contributed by atoms with van der Waals surface area (Å²) in [5.74, 6) is 0. The Morgan fingerprint density at radius 1 is 1.47 bits per heavy atom. The zero-order valence-electron chi connectivity index (χ0n) is 8.23. The van der Waals surface area contributed by atoms with Crippen molar-refractivity contribution >= 4 is 32.0 Å². The lowest BCUT2D eigenvalue weighted by molar-refractivity contribution is 0.322. The van der Waals surface area contributed by atoms with E-state index < -0.39 is 9.84 Å². The summed E-state index contributed by atoms with van der Waals surface area (Å²) in [5, 5.41) is 11.4. The first-order valence-electron chi connectivity index (χ1n) is 4.04. The molecule has 0 aliphatic heterocycles. The van der Waals surface area contributed by atoms with Crippen LogP contribution in [0.3, 0.4) is 0 Å². The van der Waals surface area contributed by atoms with Crippen molar-refractivity contribution in [2.45, 2.75) is 11.8 Å². The molecule has 0 fully saturated rings. The van der Waals surface area contributed by atoms with Crippen molar-refractivity contribution in [1.82, 2.24) is 0 Å². The summed E-state index contributed by atoms with van der Waals surface area (Å²) in [5.41, 5.74) is 1.12. The zero-order chi connectivity index (χ0) is 11.6. The SMILES string of the molecule is Cc1c(S(C)(=O)=O)ccc(Br)c1/C=N/O. The van der Waals surface area contributed by atoms with Crippen LogP contribution in [0.2, 0.25) is 0 Å². The van der Waals surface area contributed by atoms with E-state index in [1.54, 1.807) is 13.0 Å². The van der Waals surface area contributed by atoms with Crippen molar-refractivity contribution in [3.05, 3.63) is 27.7 Å². The molecule has 0 saturated heterocycles. The first-order chi connectivity index (χ1) is 6.88. The maximum atomic E-state index is 11.4. The number of oxime groups is 1. The van der Waals surface area contributed by atoms with E-state index in [9.17, 15) is 8.42 Å². The van der Waals surface area contributed by atoms with Crippen LogP contribution in [-0.4, -0.2) is 26.1 Å². The third kappa shape index (κ3) is 2.57. The molecule has 0 aliphatic rings. The van der Waals surface area contributed by atoms with E-state index in [2.05, 4.69) is 21.1 Å². The molecule has 0 saturated carbocycles. The summed E-state index contributed by atoms with van der Waals surface area (Å²) >= 11 is 3.25. The molecule has 1 rings (SSSR count). The molecule has 15 heavy (non-hydrogen) atoms. The fraction of sp³-hybridized carbons (Fsp3) is 0.222. The van der Waals surface area contributed by atoms with Crippen LogP contribution in [0.25, 0.3) is 0 Å². The molecule has 1 aromatic rings. The van der Waals surface area contributed by atoms with E-state index in [0.717, 1.165) is 6.26 Å². The summed E-state index contributed by atoms with van der Waals surface area (Å²) in [4.78, 5) is 0.237. The van der Waals surface area contributed by atoms with Gasteiger partial charge < -0.3 is 5.21 Å². The Hall–Kier alpha value is -0.880. The van der Waals surface area contributed by atoms with Crippen LogP contribution >= 0.6 is 15.9 Å². The Morgan fingerprint density at radius 2 is 2.07 bits per heavy atom. The van der Waals surface area contributed by atoms with Crippen molar-refractivity contribution in [1.29, 1.82) is 0 Å². The molecule has 0 aromatic heterocycles. The smallest absolute Gasteiger partial charge is 0.175 e. The van der Waals surface area contributed by atoms with Gasteiger partial charge in [0, 0.05) is 16.3 Å². The first-order valence-corrected chi connectivity index (χ1v) is 6.73. The number of halogens is 1. The Kier molecular flexibility index (Phi) is 3.51. The monoisotopic (exact) mass is 291 g/mol. The van der Waals surface area contributed by atoms with Crippen LogP contribution in [-0.2, 0) is 9.84 Å². The predicted octanol–water partition coefficient (Wildman–Crippen LogP) is 1.97. The van der Waals surface area contributed by atoms with E-state index in [1.807, 2.05) is 0 Å². The van der Waals surface area contributed by atoms with Gasteiger partial charge in [0.05, 0.1) is 11.1 Å². The van der Waals surface area contributed by atoms with Crippen molar-refractivity contribution < 1.29 is 13.6 Å². The predicted molar refractivity (Wildman–Crippen MR) is 61.4 cm³/mol. The molecule has 0 spiro atoms. The molecule has 0 bridgehead atoms. The van der Waals surface area contributed by atoms with Crippen LogP contribution in [0.4, 0.5) is 0 Å². The number of rotatable bonds is 2. The van der Waals surface area contributed by atoms with Crippen molar-refractivity contribution in [3.63, 3.8) is 0 Å². The van der Waals surface area contributed by atoms with Crippen LogP contribution in [0.15, 0.2) is 26.7 Å². The highest BCUT2D eigenvalue weighted by Gasteiger charge is 2.14. The largest absolute Gasteiger partial charge is 0.411 e. The minimum absolute atomic E-state index is 0.237. The number of benzene rings is 1. The number of hydrogen-bond donors (Lipinski definition) is 1. The van der Waals surface area contributed by atoms with Crippen LogP contribution in [0, 0.1) is 6.92 Å². The summed E-state index contributed by atoms with van der Waals surface area (Å²) < 4.78 is 23.5. The maximum absolute atomic E-state index is 11.4. The molecule has 1 aromatic carbocycles. The van der Waals surface area contributed by atoms with E-state index in [0.29, 0.717) is 15.6 Å². The van der Waals surface area contributed by atoms with E-state index in [-0.39, 0.29) is 4.90 Å². The summed E-state index contributed by atoms with van der Waals surface area (Å²) in [7, 11) is -3.26. The highest BCUT2D eigenvalue weighted by molar-refractivity contribution is 9.10.